The third-order valence-electron chi connectivity index (χ3n) is 6.65. The van der Waals surface area contributed by atoms with Crippen molar-refractivity contribution in [2.75, 3.05) is 22.9 Å². The summed E-state index contributed by atoms with van der Waals surface area (Å²) >= 11 is 0. The lowest BCUT2D eigenvalue weighted by molar-refractivity contribution is -0.137. The Balaban J connectivity index is 1.87. The number of carbonyl (C=O) groups is 2. The van der Waals surface area contributed by atoms with E-state index in [0.717, 1.165) is 9.87 Å². The van der Waals surface area contributed by atoms with Gasteiger partial charge in [0, 0.05) is 29.0 Å². The number of methoxy groups -OCH3 is 1. The minimum absolute atomic E-state index is 0.110. The lowest BCUT2D eigenvalue weighted by Gasteiger charge is -2.33. The maximum atomic E-state index is 13.7. The van der Waals surface area contributed by atoms with Crippen molar-refractivity contribution in [3.63, 3.8) is 0 Å². The number of benzene rings is 4. The third kappa shape index (κ3) is 6.58. The molecule has 0 saturated carbocycles. The SMILES string of the molecule is COc1ccc(S(=O)(=O)N(CC(=O)O)c2ccc(N(Cc3ccc(F)cc3)[C@@H](C)CC(=O)O)c3ccccc23)cc1. The van der Waals surface area contributed by atoms with Crippen LogP contribution in [-0.2, 0) is 26.2 Å². The molecule has 0 spiro atoms. The van der Waals surface area contributed by atoms with Crippen LogP contribution >= 0.6 is 0 Å². The number of nitrogens with zero attached hydrogens (tertiary/aromatic N) is 2. The van der Waals surface area contributed by atoms with Crippen LogP contribution < -0.4 is 13.9 Å². The van der Waals surface area contributed by atoms with E-state index in [1.54, 1.807) is 49.4 Å². The van der Waals surface area contributed by atoms with E-state index in [2.05, 4.69) is 0 Å². The van der Waals surface area contributed by atoms with Gasteiger partial charge in [0.2, 0.25) is 0 Å². The van der Waals surface area contributed by atoms with Crippen LogP contribution in [0.5, 0.6) is 5.75 Å². The lowest BCUT2D eigenvalue weighted by atomic mass is 10.0. The van der Waals surface area contributed by atoms with E-state index in [9.17, 15) is 32.6 Å². The summed E-state index contributed by atoms with van der Waals surface area (Å²) in [7, 11) is -2.86. The molecule has 0 aliphatic carbocycles. The highest BCUT2D eigenvalue weighted by molar-refractivity contribution is 7.92. The molecule has 0 bridgehead atoms. The number of aliphatic carboxylic acids is 2. The summed E-state index contributed by atoms with van der Waals surface area (Å²) in [6.45, 7) is 1.18. The maximum Gasteiger partial charge on any atom is 0.324 e. The van der Waals surface area contributed by atoms with Crippen LogP contribution in [0, 0.1) is 5.82 Å². The Bertz CT molecular complexity index is 1660. The Morgan fingerprint density at radius 1 is 0.854 bits per heavy atom. The molecule has 4 rings (SSSR count). The largest absolute Gasteiger partial charge is 0.497 e. The third-order valence-corrected chi connectivity index (χ3v) is 8.42. The van der Waals surface area contributed by atoms with Gasteiger partial charge in [-0.05, 0) is 61.0 Å². The van der Waals surface area contributed by atoms with Gasteiger partial charge in [-0.1, -0.05) is 36.4 Å². The average molecular weight is 581 g/mol. The molecule has 214 valence electrons. The first-order valence-corrected chi connectivity index (χ1v) is 14.1. The second-order valence-electron chi connectivity index (χ2n) is 9.43. The second kappa shape index (κ2) is 12.3. The summed E-state index contributed by atoms with van der Waals surface area (Å²) in [5.74, 6) is -2.30. The fourth-order valence-electron chi connectivity index (χ4n) is 4.66. The highest BCUT2D eigenvalue weighted by Crippen LogP contribution is 2.38. The van der Waals surface area contributed by atoms with Gasteiger partial charge >= 0.3 is 11.9 Å². The summed E-state index contributed by atoms with van der Waals surface area (Å²) in [6.07, 6.45) is -0.186. The molecule has 2 N–H and O–H groups in total. The first-order valence-electron chi connectivity index (χ1n) is 12.6. The molecule has 0 amide bonds. The minimum Gasteiger partial charge on any atom is -0.497 e. The zero-order valence-corrected chi connectivity index (χ0v) is 23.2. The Morgan fingerprint density at radius 2 is 1.44 bits per heavy atom. The van der Waals surface area contributed by atoms with E-state index in [0.29, 0.717) is 22.2 Å². The highest BCUT2D eigenvalue weighted by atomic mass is 32.2. The molecule has 0 fully saturated rings. The van der Waals surface area contributed by atoms with E-state index >= 15 is 0 Å². The van der Waals surface area contributed by atoms with Crippen LogP contribution in [0.2, 0.25) is 0 Å². The topological polar surface area (TPSA) is 124 Å². The van der Waals surface area contributed by atoms with Crippen molar-refractivity contribution in [2.45, 2.75) is 30.8 Å². The molecule has 9 nitrogen and oxygen atoms in total. The predicted molar refractivity (Wildman–Crippen MR) is 153 cm³/mol. The van der Waals surface area contributed by atoms with Crippen molar-refractivity contribution in [3.8, 4) is 5.75 Å². The molecule has 0 unspecified atom stereocenters. The van der Waals surface area contributed by atoms with Gasteiger partial charge in [0.15, 0.2) is 0 Å². The first-order chi connectivity index (χ1) is 19.5. The Hall–Kier alpha value is -4.64. The molecular weight excluding hydrogens is 551 g/mol. The van der Waals surface area contributed by atoms with Gasteiger partial charge in [-0.15, -0.1) is 0 Å². The molecule has 41 heavy (non-hydrogen) atoms. The Labute approximate surface area is 237 Å². The van der Waals surface area contributed by atoms with Crippen LogP contribution in [-0.4, -0.2) is 50.3 Å². The number of carboxylic acids is 2. The molecule has 0 aliphatic rings. The van der Waals surface area contributed by atoms with E-state index in [1.807, 2.05) is 4.90 Å². The Morgan fingerprint density at radius 3 is 2.00 bits per heavy atom. The molecule has 0 radical (unpaired) electrons. The van der Waals surface area contributed by atoms with Crippen LogP contribution in [0.3, 0.4) is 0 Å². The number of hydrogen-bond acceptors (Lipinski definition) is 6. The number of sulfonamides is 1. The molecule has 4 aromatic carbocycles. The monoisotopic (exact) mass is 580 g/mol. The van der Waals surface area contributed by atoms with E-state index in [4.69, 9.17) is 4.74 Å². The summed E-state index contributed by atoms with van der Waals surface area (Å²) in [6, 6.07) is 21.1. The number of rotatable bonds is 12. The Kier molecular flexibility index (Phi) is 8.77. The van der Waals surface area contributed by atoms with Gasteiger partial charge in [-0.25, -0.2) is 12.8 Å². The van der Waals surface area contributed by atoms with E-state index < -0.39 is 40.4 Å². The number of anilines is 2. The number of hydrogen-bond donors (Lipinski definition) is 2. The molecule has 0 aliphatic heterocycles. The summed E-state index contributed by atoms with van der Waals surface area (Å²) in [4.78, 5) is 25.2. The van der Waals surface area contributed by atoms with Crippen molar-refractivity contribution in [3.05, 3.63) is 96.3 Å². The van der Waals surface area contributed by atoms with Crippen molar-refractivity contribution in [2.24, 2.45) is 0 Å². The number of ether oxygens (including phenoxy) is 1. The fraction of sp³-hybridized carbons (Fsp3) is 0.200. The predicted octanol–water partition coefficient (Wildman–Crippen LogP) is 5.14. The van der Waals surface area contributed by atoms with Gasteiger partial charge in [0.25, 0.3) is 10.0 Å². The average Bonchev–Trinajstić information content (AvgIpc) is 2.95. The zero-order valence-electron chi connectivity index (χ0n) is 22.4. The number of halogens is 1. The van der Waals surface area contributed by atoms with Gasteiger partial charge in [-0.3, -0.25) is 13.9 Å². The summed E-state index contributed by atoms with van der Waals surface area (Å²) < 4.78 is 47.0. The van der Waals surface area contributed by atoms with Gasteiger partial charge < -0.3 is 19.8 Å². The molecule has 0 saturated heterocycles. The first kappa shape index (κ1) is 29.3. The standard InChI is InChI=1S/C30H29FN2O7S/c1-20(17-29(34)35)32(18-21-7-9-22(31)10-8-21)27-15-16-28(26-6-4-3-5-25(26)27)33(19-30(36)37)41(38,39)24-13-11-23(40-2)12-14-24/h3-16,20H,17-19H2,1-2H3,(H,34,35)(H,36,37)/t20-/m0/s1. The molecule has 1 atom stereocenters. The van der Waals surface area contributed by atoms with Crippen LogP contribution in [0.15, 0.2) is 89.8 Å². The highest BCUT2D eigenvalue weighted by Gasteiger charge is 2.30. The van der Waals surface area contributed by atoms with Crippen molar-refractivity contribution >= 4 is 44.1 Å². The van der Waals surface area contributed by atoms with Crippen molar-refractivity contribution in [1.82, 2.24) is 0 Å². The molecule has 0 aromatic heterocycles. The summed E-state index contributed by atoms with van der Waals surface area (Å²) in [5, 5.41) is 20.2. The van der Waals surface area contributed by atoms with Crippen molar-refractivity contribution in [1.29, 1.82) is 0 Å². The van der Waals surface area contributed by atoms with Crippen LogP contribution in [0.4, 0.5) is 15.8 Å². The van der Waals surface area contributed by atoms with Gasteiger partial charge in [-0.2, -0.15) is 0 Å². The molecule has 11 heteroatoms. The minimum atomic E-state index is -4.31. The fourth-order valence-corrected chi connectivity index (χ4v) is 6.09. The molecule has 4 aromatic rings. The zero-order chi connectivity index (χ0) is 29.7. The normalized spacial score (nSPS) is 12.1. The molecular formula is C30H29FN2O7S. The second-order valence-corrected chi connectivity index (χ2v) is 11.3. The smallest absolute Gasteiger partial charge is 0.324 e. The van der Waals surface area contributed by atoms with Crippen molar-refractivity contribution < 1.29 is 37.3 Å². The number of carboxylic acid groups (broad SMARTS) is 2. The molecule has 0 heterocycles. The lowest BCUT2D eigenvalue weighted by Crippen LogP contribution is -2.36. The van der Waals surface area contributed by atoms with E-state index in [-0.39, 0.29) is 23.5 Å². The summed E-state index contributed by atoms with van der Waals surface area (Å²) in [5.41, 5.74) is 1.50. The number of fused-ring (bicyclic) bond motifs is 1. The van der Waals surface area contributed by atoms with Crippen LogP contribution in [0.25, 0.3) is 10.8 Å². The van der Waals surface area contributed by atoms with E-state index in [1.165, 1.54) is 49.6 Å². The van der Waals surface area contributed by atoms with Gasteiger partial charge in [0.05, 0.1) is 24.1 Å². The van der Waals surface area contributed by atoms with Crippen LogP contribution in [0.1, 0.15) is 18.9 Å². The quantitative estimate of drug-likeness (QED) is 0.236. The maximum absolute atomic E-state index is 13.7. The van der Waals surface area contributed by atoms with Gasteiger partial charge in [0.1, 0.15) is 18.1 Å².